The van der Waals surface area contributed by atoms with Crippen molar-refractivity contribution in [3.05, 3.63) is 23.0 Å². The van der Waals surface area contributed by atoms with Gasteiger partial charge in [-0.3, -0.25) is 18.7 Å². The first-order valence-corrected chi connectivity index (χ1v) is 12.4. The third kappa shape index (κ3) is 5.61. The lowest BCUT2D eigenvalue weighted by molar-refractivity contribution is -0.130. The number of H-pyrrole nitrogens is 1. The van der Waals surface area contributed by atoms with Crippen molar-refractivity contribution in [3.63, 3.8) is 0 Å². The maximum absolute atomic E-state index is 12.4. The molecule has 1 saturated heterocycles. The molecule has 0 aliphatic carbocycles. The number of amides is 1. The summed E-state index contributed by atoms with van der Waals surface area (Å²) in [6, 6.07) is -0.569. The first-order valence-electron chi connectivity index (χ1n) is 8.83. The van der Waals surface area contributed by atoms with Gasteiger partial charge in [-0.1, -0.05) is 0 Å². The normalized spacial score (nSPS) is 20.2. The molecule has 14 nitrogen and oxygen atoms in total. The molecule has 0 bridgehead atoms. The lowest BCUT2D eigenvalue weighted by Crippen LogP contribution is -2.30. The smallest absolute Gasteiger partial charge is 0.327 e. The Morgan fingerprint density at radius 2 is 1.87 bits per heavy atom. The van der Waals surface area contributed by atoms with E-state index in [1.165, 1.54) is 17.6 Å². The van der Waals surface area contributed by atoms with E-state index in [9.17, 15) is 18.7 Å². The van der Waals surface area contributed by atoms with Crippen LogP contribution >= 0.6 is 15.2 Å². The van der Waals surface area contributed by atoms with E-state index in [4.69, 9.17) is 24.3 Å². The number of fused-ring (bicyclic) bond motifs is 1. The van der Waals surface area contributed by atoms with Gasteiger partial charge in [0.1, 0.15) is 0 Å². The number of ether oxygens (including phenoxy) is 1. The molecule has 1 aliphatic heterocycles. The van der Waals surface area contributed by atoms with E-state index in [1.54, 1.807) is 4.57 Å². The van der Waals surface area contributed by atoms with Crippen LogP contribution in [0.25, 0.3) is 11.2 Å². The number of carbonyl (C=O) groups excluding carboxylic acids is 1. The highest BCUT2D eigenvalue weighted by molar-refractivity contribution is 7.52. The zero-order chi connectivity index (χ0) is 22.1. The Hall–Kier alpha value is -1.92. The maximum atomic E-state index is 12.4. The van der Waals surface area contributed by atoms with E-state index < -0.39 is 51.1 Å². The molecule has 1 aliphatic rings. The summed E-state index contributed by atoms with van der Waals surface area (Å²) in [4.78, 5) is 72.2. The third-order valence-corrected chi connectivity index (χ3v) is 6.21. The molecular formula is C14H21N5O9P2. The van der Waals surface area contributed by atoms with Crippen molar-refractivity contribution in [2.24, 2.45) is 0 Å². The standard InChI is InChI=1S/C14H21N5O9P2/c20-11(1-3-29(22,23)24)18-5-9(10(6-18)28-2-4-30(25,26)27)19-8-17-12-13(19)15-7-16-14(12)21/h7-10H,1-6H2,(H,15,16,21)(H2,22,23,24)(H2,25,26,27)/t9?,10-/m1/s1. The topological polar surface area (TPSA) is 208 Å². The van der Waals surface area contributed by atoms with Crippen molar-refractivity contribution >= 4 is 32.3 Å². The van der Waals surface area contributed by atoms with Crippen molar-refractivity contribution in [2.45, 2.75) is 18.6 Å². The van der Waals surface area contributed by atoms with Crippen LogP contribution in [0.4, 0.5) is 0 Å². The van der Waals surface area contributed by atoms with Crippen molar-refractivity contribution in [3.8, 4) is 0 Å². The van der Waals surface area contributed by atoms with Gasteiger partial charge in [-0.2, -0.15) is 0 Å². The van der Waals surface area contributed by atoms with Gasteiger partial charge in [0, 0.05) is 19.5 Å². The Kier molecular flexibility index (Phi) is 6.58. The fourth-order valence-electron chi connectivity index (χ4n) is 3.22. The average molecular weight is 465 g/mol. The molecule has 1 fully saturated rings. The predicted molar refractivity (Wildman–Crippen MR) is 102 cm³/mol. The minimum atomic E-state index is -4.34. The number of nitrogens with one attached hydrogen (secondary N) is 1. The number of aromatic nitrogens is 4. The van der Waals surface area contributed by atoms with E-state index in [-0.39, 0.29) is 37.3 Å². The van der Waals surface area contributed by atoms with Crippen LogP contribution < -0.4 is 5.56 Å². The predicted octanol–water partition coefficient (Wildman–Crippen LogP) is -1.37. The average Bonchev–Trinajstić information content (AvgIpc) is 3.23. The first-order chi connectivity index (χ1) is 13.9. The number of rotatable bonds is 8. The second kappa shape index (κ2) is 8.67. The van der Waals surface area contributed by atoms with Crippen LogP contribution in [0, 0.1) is 0 Å². The van der Waals surface area contributed by atoms with Crippen molar-refractivity contribution in [1.82, 2.24) is 24.4 Å². The number of carbonyl (C=O) groups is 1. The highest BCUT2D eigenvalue weighted by Gasteiger charge is 2.38. The van der Waals surface area contributed by atoms with Crippen LogP contribution in [0.15, 0.2) is 17.4 Å². The van der Waals surface area contributed by atoms with Gasteiger partial charge in [0.2, 0.25) is 5.91 Å². The van der Waals surface area contributed by atoms with Gasteiger partial charge in [0.05, 0.1) is 43.7 Å². The fraction of sp³-hybridized carbons (Fsp3) is 0.571. The Morgan fingerprint density at radius 1 is 1.17 bits per heavy atom. The summed E-state index contributed by atoms with van der Waals surface area (Å²) in [5.41, 5.74) is -0.125. The molecule has 2 aromatic rings. The Morgan fingerprint density at radius 3 is 2.53 bits per heavy atom. The highest BCUT2D eigenvalue weighted by Crippen LogP contribution is 2.36. The lowest BCUT2D eigenvalue weighted by atomic mass is 10.2. The third-order valence-electron chi connectivity index (χ3n) is 4.64. The molecule has 2 aromatic heterocycles. The Bertz CT molecular complexity index is 1070. The van der Waals surface area contributed by atoms with Gasteiger partial charge >= 0.3 is 15.2 Å². The highest BCUT2D eigenvalue weighted by atomic mass is 31.2. The second-order valence-electron chi connectivity index (χ2n) is 6.86. The fourth-order valence-corrected chi connectivity index (χ4v) is 4.05. The maximum Gasteiger partial charge on any atom is 0.327 e. The molecular weight excluding hydrogens is 444 g/mol. The molecule has 0 spiro atoms. The second-order valence-corrected chi connectivity index (χ2v) is 10.4. The molecule has 0 aromatic carbocycles. The summed E-state index contributed by atoms with van der Waals surface area (Å²) < 4.78 is 29.3. The van der Waals surface area contributed by atoms with E-state index >= 15 is 0 Å². The van der Waals surface area contributed by atoms with Gasteiger partial charge in [-0.05, 0) is 0 Å². The van der Waals surface area contributed by atoms with Crippen molar-refractivity contribution in [1.29, 1.82) is 0 Å². The molecule has 1 amide bonds. The Balaban J connectivity index is 1.82. The van der Waals surface area contributed by atoms with Crippen LogP contribution in [0.2, 0.25) is 0 Å². The summed E-state index contributed by atoms with van der Waals surface area (Å²) >= 11 is 0. The summed E-state index contributed by atoms with van der Waals surface area (Å²) in [5, 5.41) is 0. The van der Waals surface area contributed by atoms with Crippen LogP contribution in [-0.4, -0.2) is 88.0 Å². The first kappa shape index (κ1) is 22.8. The van der Waals surface area contributed by atoms with Crippen molar-refractivity contribution < 1.29 is 38.2 Å². The monoisotopic (exact) mass is 465 g/mol. The molecule has 16 heteroatoms. The quantitative estimate of drug-likeness (QED) is 0.287. The molecule has 3 rings (SSSR count). The van der Waals surface area contributed by atoms with Crippen LogP contribution in [0.3, 0.4) is 0 Å². The van der Waals surface area contributed by atoms with Crippen molar-refractivity contribution in [2.75, 3.05) is 32.0 Å². The van der Waals surface area contributed by atoms with E-state index in [0.717, 1.165) is 0 Å². The number of hydrogen-bond donors (Lipinski definition) is 5. The minimum absolute atomic E-state index is 0.0364. The number of aromatic amines is 1. The summed E-state index contributed by atoms with van der Waals surface area (Å²) in [7, 11) is -8.62. The number of nitrogens with zero attached hydrogens (tertiary/aromatic N) is 4. The molecule has 1 unspecified atom stereocenters. The summed E-state index contributed by atoms with van der Waals surface area (Å²) in [6.45, 7) is -0.147. The number of imidazole rings is 1. The zero-order valence-corrected chi connectivity index (χ0v) is 17.4. The molecule has 5 N–H and O–H groups in total. The SMILES string of the molecule is O=C(CCP(=O)(O)O)N1CC(n2cnc3c(=O)[nH]cnc32)[C@H](OCCP(=O)(O)O)C1. The lowest BCUT2D eigenvalue weighted by Gasteiger charge is -2.20. The van der Waals surface area contributed by atoms with Gasteiger partial charge in [0.25, 0.3) is 5.56 Å². The Labute approximate surface area is 169 Å². The molecule has 3 heterocycles. The van der Waals surface area contributed by atoms with Crippen LogP contribution in [0.5, 0.6) is 0 Å². The number of hydrogen-bond acceptors (Lipinski definition) is 7. The van der Waals surface area contributed by atoms with Crippen LogP contribution in [-0.2, 0) is 18.7 Å². The number of likely N-dealkylation sites (tertiary alicyclic amines) is 1. The summed E-state index contributed by atoms with van der Waals surface area (Å²) in [6.07, 6.45) is 0.390. The van der Waals surface area contributed by atoms with E-state index in [2.05, 4.69) is 15.0 Å². The zero-order valence-electron chi connectivity index (χ0n) is 15.6. The molecule has 166 valence electrons. The molecule has 0 saturated carbocycles. The van der Waals surface area contributed by atoms with Crippen LogP contribution in [0.1, 0.15) is 12.5 Å². The largest absolute Gasteiger partial charge is 0.373 e. The minimum Gasteiger partial charge on any atom is -0.373 e. The van der Waals surface area contributed by atoms with Gasteiger partial charge < -0.3 is 38.8 Å². The van der Waals surface area contributed by atoms with Gasteiger partial charge in [-0.25, -0.2) is 9.97 Å². The van der Waals surface area contributed by atoms with E-state index in [1.807, 2.05) is 0 Å². The molecule has 30 heavy (non-hydrogen) atoms. The van der Waals surface area contributed by atoms with E-state index in [0.29, 0.717) is 0 Å². The summed E-state index contributed by atoms with van der Waals surface area (Å²) in [5.74, 6) is -0.500. The molecule has 0 radical (unpaired) electrons. The van der Waals surface area contributed by atoms with Gasteiger partial charge in [0.15, 0.2) is 11.2 Å². The molecule has 2 atom stereocenters. The van der Waals surface area contributed by atoms with Gasteiger partial charge in [-0.15, -0.1) is 0 Å².